The van der Waals surface area contributed by atoms with E-state index in [2.05, 4.69) is 48.3 Å². The van der Waals surface area contributed by atoms with Gasteiger partial charge >= 0.3 is 0 Å². The van der Waals surface area contributed by atoms with Crippen LogP contribution in [0.1, 0.15) is 38.2 Å². The molecule has 0 aromatic heterocycles. The van der Waals surface area contributed by atoms with E-state index in [-0.39, 0.29) is 0 Å². The molecule has 2 aliphatic heterocycles. The number of nitrogens with one attached hydrogen (secondary N) is 1. The number of hydrogen-bond donors (Lipinski definition) is 1. The molecule has 0 aliphatic carbocycles. The summed E-state index contributed by atoms with van der Waals surface area (Å²) in [5.74, 6) is 0. The molecule has 1 fully saturated rings. The molecule has 3 heteroatoms. The van der Waals surface area contributed by atoms with Gasteiger partial charge in [0.2, 0.25) is 0 Å². The Morgan fingerprint density at radius 2 is 2.30 bits per heavy atom. The van der Waals surface area contributed by atoms with Crippen LogP contribution in [0, 0.1) is 0 Å². The van der Waals surface area contributed by atoms with Gasteiger partial charge in [0.1, 0.15) is 0 Å². The smallest absolute Gasteiger partial charge is 0.0576 e. The van der Waals surface area contributed by atoms with Gasteiger partial charge in [0.25, 0.3) is 0 Å². The van der Waals surface area contributed by atoms with E-state index >= 15 is 0 Å². The Labute approximate surface area is 126 Å². The first-order chi connectivity index (χ1) is 9.86. The highest BCUT2D eigenvalue weighted by Gasteiger charge is 2.29. The second-order valence-corrected chi connectivity index (χ2v) is 7.13. The van der Waals surface area contributed by atoms with Crippen molar-refractivity contribution in [1.29, 1.82) is 0 Å². The second kappa shape index (κ2) is 6.97. The summed E-state index contributed by atoms with van der Waals surface area (Å²) >= 11 is 2.06. The van der Waals surface area contributed by atoms with Crippen molar-refractivity contribution in [1.82, 2.24) is 5.32 Å². The van der Waals surface area contributed by atoms with Gasteiger partial charge in [-0.2, -0.15) is 0 Å². The van der Waals surface area contributed by atoms with Crippen LogP contribution in [0.2, 0.25) is 0 Å². The summed E-state index contributed by atoms with van der Waals surface area (Å²) in [6.07, 6.45) is 6.70. The summed E-state index contributed by atoms with van der Waals surface area (Å²) in [6.45, 7) is 4.25. The molecule has 3 atom stereocenters. The van der Waals surface area contributed by atoms with E-state index < -0.39 is 0 Å². The van der Waals surface area contributed by atoms with Crippen LogP contribution in [0.5, 0.6) is 0 Å². The lowest BCUT2D eigenvalue weighted by Gasteiger charge is -2.24. The summed E-state index contributed by atoms with van der Waals surface area (Å²) < 4.78 is 5.77. The van der Waals surface area contributed by atoms with Crippen molar-refractivity contribution < 1.29 is 4.74 Å². The Hall–Kier alpha value is -0.510. The number of fused-ring (bicyclic) bond motifs is 1. The SMILES string of the molecule is CCNC(CCC1CCCO1)C1Cc2ccccc2S1. The fourth-order valence-electron chi connectivity index (χ4n) is 3.35. The van der Waals surface area contributed by atoms with Crippen LogP contribution in [0.25, 0.3) is 0 Å². The van der Waals surface area contributed by atoms with Crippen LogP contribution >= 0.6 is 11.8 Å². The molecule has 3 unspecified atom stereocenters. The van der Waals surface area contributed by atoms with E-state index in [4.69, 9.17) is 4.74 Å². The zero-order valence-corrected chi connectivity index (χ0v) is 13.1. The van der Waals surface area contributed by atoms with Gasteiger partial charge in [-0.05, 0) is 50.3 Å². The number of thioether (sulfide) groups is 1. The zero-order chi connectivity index (χ0) is 13.8. The summed E-state index contributed by atoms with van der Waals surface area (Å²) in [5.41, 5.74) is 1.53. The van der Waals surface area contributed by atoms with Gasteiger partial charge in [-0.1, -0.05) is 25.1 Å². The largest absolute Gasteiger partial charge is 0.378 e. The summed E-state index contributed by atoms with van der Waals surface area (Å²) in [7, 11) is 0. The van der Waals surface area contributed by atoms with E-state index in [0.717, 1.165) is 13.2 Å². The maximum absolute atomic E-state index is 5.77. The molecule has 0 radical (unpaired) electrons. The van der Waals surface area contributed by atoms with E-state index in [9.17, 15) is 0 Å². The van der Waals surface area contributed by atoms with Gasteiger partial charge in [0, 0.05) is 22.8 Å². The summed E-state index contributed by atoms with van der Waals surface area (Å²) in [4.78, 5) is 1.48. The molecule has 3 rings (SSSR count). The Balaban J connectivity index is 1.57. The highest BCUT2D eigenvalue weighted by molar-refractivity contribution is 8.00. The first-order valence-electron chi connectivity index (χ1n) is 7.96. The highest BCUT2D eigenvalue weighted by atomic mass is 32.2. The van der Waals surface area contributed by atoms with Gasteiger partial charge < -0.3 is 10.1 Å². The van der Waals surface area contributed by atoms with Crippen molar-refractivity contribution in [3.8, 4) is 0 Å². The molecule has 20 heavy (non-hydrogen) atoms. The lowest BCUT2D eigenvalue weighted by atomic mass is 9.99. The summed E-state index contributed by atoms with van der Waals surface area (Å²) in [6, 6.07) is 9.48. The number of ether oxygens (including phenoxy) is 1. The van der Waals surface area contributed by atoms with E-state index in [1.807, 2.05) is 0 Å². The quantitative estimate of drug-likeness (QED) is 0.864. The maximum atomic E-state index is 5.77. The van der Waals surface area contributed by atoms with Crippen LogP contribution in [0.3, 0.4) is 0 Å². The van der Waals surface area contributed by atoms with Crippen molar-refractivity contribution in [2.75, 3.05) is 13.2 Å². The topological polar surface area (TPSA) is 21.3 Å². The van der Waals surface area contributed by atoms with E-state index in [1.54, 1.807) is 0 Å². The van der Waals surface area contributed by atoms with Crippen LogP contribution in [0.4, 0.5) is 0 Å². The first-order valence-corrected chi connectivity index (χ1v) is 8.84. The predicted octanol–water partition coefficient (Wildman–Crippen LogP) is 3.64. The second-order valence-electron chi connectivity index (χ2n) is 5.84. The number of rotatable bonds is 6. The van der Waals surface area contributed by atoms with E-state index in [1.165, 1.54) is 42.6 Å². The fourth-order valence-corrected chi connectivity index (χ4v) is 4.80. The van der Waals surface area contributed by atoms with Gasteiger partial charge in [0.15, 0.2) is 0 Å². The van der Waals surface area contributed by atoms with Gasteiger partial charge in [-0.15, -0.1) is 11.8 Å². The van der Waals surface area contributed by atoms with Gasteiger partial charge in [-0.3, -0.25) is 0 Å². The highest BCUT2D eigenvalue weighted by Crippen LogP contribution is 2.39. The number of benzene rings is 1. The monoisotopic (exact) mass is 291 g/mol. The molecule has 1 saturated heterocycles. The van der Waals surface area contributed by atoms with Crippen molar-refractivity contribution in [3.05, 3.63) is 29.8 Å². The Bertz CT molecular complexity index is 406. The normalized spacial score (nSPS) is 26.6. The molecular weight excluding hydrogens is 266 g/mol. The Morgan fingerprint density at radius 1 is 1.40 bits per heavy atom. The molecule has 110 valence electrons. The van der Waals surface area contributed by atoms with Crippen molar-refractivity contribution in [2.24, 2.45) is 0 Å². The van der Waals surface area contributed by atoms with Crippen molar-refractivity contribution in [3.63, 3.8) is 0 Å². The Kier molecular flexibility index (Phi) is 5.03. The first kappa shape index (κ1) is 14.4. The van der Waals surface area contributed by atoms with Gasteiger partial charge in [-0.25, -0.2) is 0 Å². The lowest BCUT2D eigenvalue weighted by molar-refractivity contribution is 0.0995. The van der Waals surface area contributed by atoms with Crippen LogP contribution in [-0.2, 0) is 11.2 Å². The molecule has 0 bridgehead atoms. The molecule has 1 N–H and O–H groups in total. The molecule has 0 amide bonds. The molecule has 1 aromatic rings. The van der Waals surface area contributed by atoms with Crippen LogP contribution < -0.4 is 5.32 Å². The average Bonchev–Trinajstić information content (AvgIpc) is 3.12. The minimum Gasteiger partial charge on any atom is -0.378 e. The third-order valence-electron chi connectivity index (χ3n) is 4.41. The third-order valence-corrected chi connectivity index (χ3v) is 5.86. The van der Waals surface area contributed by atoms with Crippen LogP contribution in [-0.4, -0.2) is 30.5 Å². The standard InChI is InChI=1S/C17H25NOS/c1-2-18-15(10-9-14-7-5-11-19-14)17-12-13-6-3-4-8-16(13)20-17/h3-4,6,8,14-15,17-18H,2,5,7,9-12H2,1H3. The molecule has 2 aliphatic rings. The molecule has 1 aromatic carbocycles. The lowest BCUT2D eigenvalue weighted by Crippen LogP contribution is -2.38. The van der Waals surface area contributed by atoms with Gasteiger partial charge in [0.05, 0.1) is 6.10 Å². The Morgan fingerprint density at radius 3 is 3.05 bits per heavy atom. The minimum atomic E-state index is 0.518. The molecule has 0 saturated carbocycles. The average molecular weight is 291 g/mol. The maximum Gasteiger partial charge on any atom is 0.0576 e. The molecule has 2 heterocycles. The predicted molar refractivity (Wildman–Crippen MR) is 85.5 cm³/mol. The van der Waals surface area contributed by atoms with Crippen molar-refractivity contribution in [2.45, 2.75) is 61.3 Å². The van der Waals surface area contributed by atoms with E-state index in [0.29, 0.717) is 17.4 Å². The zero-order valence-electron chi connectivity index (χ0n) is 12.3. The third kappa shape index (κ3) is 3.38. The molecular formula is C17H25NOS. The van der Waals surface area contributed by atoms with Crippen LogP contribution in [0.15, 0.2) is 29.2 Å². The molecule has 2 nitrogen and oxygen atoms in total. The number of hydrogen-bond acceptors (Lipinski definition) is 3. The van der Waals surface area contributed by atoms with Crippen molar-refractivity contribution >= 4 is 11.8 Å². The summed E-state index contributed by atoms with van der Waals surface area (Å²) in [5, 5.41) is 4.40. The molecule has 0 spiro atoms. The minimum absolute atomic E-state index is 0.518. The fraction of sp³-hybridized carbons (Fsp3) is 0.647.